The molecule has 2 aromatic heterocycles. The van der Waals surface area contributed by atoms with Gasteiger partial charge in [0.2, 0.25) is 0 Å². The lowest BCUT2D eigenvalue weighted by Crippen LogP contribution is -2.12. The molecule has 0 saturated heterocycles. The number of alkyl halides is 1. The molecular weight excluding hydrogens is 246 g/mol. The number of rotatable bonds is 5. The average Bonchev–Trinajstić information content (AvgIpc) is 2.72. The van der Waals surface area contributed by atoms with Gasteiger partial charge in [-0.2, -0.15) is 0 Å². The first-order chi connectivity index (χ1) is 8.72. The van der Waals surface area contributed by atoms with E-state index in [2.05, 4.69) is 30.3 Å². The highest BCUT2D eigenvalue weighted by Crippen LogP contribution is 2.26. The van der Waals surface area contributed by atoms with Crippen LogP contribution in [0.25, 0.3) is 11.2 Å². The van der Waals surface area contributed by atoms with Crippen molar-refractivity contribution in [2.75, 3.05) is 5.88 Å². The van der Waals surface area contributed by atoms with Crippen molar-refractivity contribution in [2.24, 2.45) is 0 Å². The molecule has 0 bridgehead atoms. The Morgan fingerprint density at radius 2 is 2.06 bits per heavy atom. The summed E-state index contributed by atoms with van der Waals surface area (Å²) in [5.74, 6) is 1.66. The summed E-state index contributed by atoms with van der Waals surface area (Å²) in [5.41, 5.74) is 3.20. The van der Waals surface area contributed by atoms with Crippen LogP contribution in [0.15, 0.2) is 12.3 Å². The molecule has 18 heavy (non-hydrogen) atoms. The molecule has 0 atom stereocenters. The zero-order valence-corrected chi connectivity index (χ0v) is 12.0. The van der Waals surface area contributed by atoms with Gasteiger partial charge < -0.3 is 4.57 Å². The van der Waals surface area contributed by atoms with E-state index < -0.39 is 0 Å². The lowest BCUT2D eigenvalue weighted by Gasteiger charge is -2.17. The molecule has 0 unspecified atom stereocenters. The Bertz CT molecular complexity index is 529. The van der Waals surface area contributed by atoms with Crippen LogP contribution < -0.4 is 0 Å². The molecule has 0 amide bonds. The van der Waals surface area contributed by atoms with E-state index in [9.17, 15) is 0 Å². The van der Waals surface area contributed by atoms with Gasteiger partial charge in [0.05, 0.1) is 0 Å². The Hall–Kier alpha value is -1.09. The zero-order chi connectivity index (χ0) is 13.1. The largest absolute Gasteiger partial charge is 0.310 e. The van der Waals surface area contributed by atoms with E-state index >= 15 is 0 Å². The van der Waals surface area contributed by atoms with Crippen LogP contribution in [0.3, 0.4) is 0 Å². The van der Waals surface area contributed by atoms with Crippen molar-refractivity contribution < 1.29 is 0 Å². The minimum atomic E-state index is 0.461. The van der Waals surface area contributed by atoms with Gasteiger partial charge in [0.1, 0.15) is 11.3 Å². The molecule has 2 heterocycles. The van der Waals surface area contributed by atoms with Crippen LogP contribution in [0.4, 0.5) is 0 Å². The predicted molar refractivity (Wildman–Crippen MR) is 76.3 cm³/mol. The molecule has 2 aromatic rings. The van der Waals surface area contributed by atoms with Crippen molar-refractivity contribution in [3.05, 3.63) is 23.7 Å². The van der Waals surface area contributed by atoms with Crippen molar-refractivity contribution in [1.82, 2.24) is 14.5 Å². The molecule has 0 aliphatic rings. The van der Waals surface area contributed by atoms with E-state index in [1.165, 1.54) is 5.56 Å². The van der Waals surface area contributed by atoms with Gasteiger partial charge in [0.15, 0.2) is 5.65 Å². The summed E-state index contributed by atoms with van der Waals surface area (Å²) in [6.45, 7) is 6.50. The Balaban J connectivity index is 2.65. The smallest absolute Gasteiger partial charge is 0.160 e. The van der Waals surface area contributed by atoms with Gasteiger partial charge >= 0.3 is 0 Å². The number of aromatic nitrogens is 3. The van der Waals surface area contributed by atoms with Gasteiger partial charge in [-0.25, -0.2) is 9.97 Å². The van der Waals surface area contributed by atoms with E-state index in [4.69, 9.17) is 16.6 Å². The predicted octanol–water partition coefficient (Wildman–Crippen LogP) is 3.88. The van der Waals surface area contributed by atoms with E-state index in [-0.39, 0.29) is 0 Å². The van der Waals surface area contributed by atoms with Crippen LogP contribution in [0, 0.1) is 6.92 Å². The first-order valence-corrected chi connectivity index (χ1v) is 7.14. The second-order valence-electron chi connectivity index (χ2n) is 4.61. The summed E-state index contributed by atoms with van der Waals surface area (Å²) in [5, 5.41) is 0. The number of hydrogen-bond acceptors (Lipinski definition) is 2. The molecule has 0 aliphatic carbocycles. The lowest BCUT2D eigenvalue weighted by molar-refractivity contribution is 0.466. The molecule has 98 valence electrons. The maximum atomic E-state index is 5.89. The molecule has 0 aliphatic heterocycles. The van der Waals surface area contributed by atoms with Crippen molar-refractivity contribution in [3.63, 3.8) is 0 Å². The number of halogens is 1. The molecular formula is C14H20ClN3. The zero-order valence-electron chi connectivity index (χ0n) is 11.3. The molecule has 0 aromatic carbocycles. The van der Waals surface area contributed by atoms with Crippen LogP contribution in [-0.4, -0.2) is 20.4 Å². The Morgan fingerprint density at radius 3 is 2.67 bits per heavy atom. The van der Waals surface area contributed by atoms with Gasteiger partial charge in [-0.3, -0.25) is 0 Å². The van der Waals surface area contributed by atoms with E-state index in [1.54, 1.807) is 0 Å². The quantitative estimate of drug-likeness (QED) is 0.768. The fourth-order valence-electron chi connectivity index (χ4n) is 2.45. The molecule has 0 saturated carbocycles. The third kappa shape index (κ3) is 2.24. The van der Waals surface area contributed by atoms with Crippen LogP contribution in [0.1, 0.15) is 44.1 Å². The second-order valence-corrected chi connectivity index (χ2v) is 4.99. The van der Waals surface area contributed by atoms with Crippen LogP contribution in [0.2, 0.25) is 0 Å². The third-order valence-corrected chi connectivity index (χ3v) is 3.67. The fourth-order valence-corrected chi connectivity index (χ4v) is 2.62. The van der Waals surface area contributed by atoms with Crippen molar-refractivity contribution in [1.29, 1.82) is 0 Å². The molecule has 0 N–H and O–H groups in total. The monoisotopic (exact) mass is 265 g/mol. The van der Waals surface area contributed by atoms with Crippen LogP contribution >= 0.6 is 11.6 Å². The van der Waals surface area contributed by atoms with Crippen molar-refractivity contribution in [2.45, 2.75) is 46.1 Å². The third-order valence-electron chi connectivity index (χ3n) is 3.48. The summed E-state index contributed by atoms with van der Waals surface area (Å²) in [6, 6.07) is 2.47. The number of pyridine rings is 1. The fraction of sp³-hybridized carbons (Fsp3) is 0.571. The summed E-state index contributed by atoms with van der Waals surface area (Å²) in [7, 11) is 0. The Labute approximate surface area is 113 Å². The molecule has 4 heteroatoms. The first kappa shape index (κ1) is 13.3. The van der Waals surface area contributed by atoms with Crippen LogP contribution in [0.5, 0.6) is 0 Å². The van der Waals surface area contributed by atoms with E-state index in [1.807, 2.05) is 12.3 Å². The number of nitrogens with zero attached hydrogens (tertiary/aromatic N) is 3. The van der Waals surface area contributed by atoms with Gasteiger partial charge in [0.25, 0.3) is 0 Å². The number of fused-ring (bicyclic) bond motifs is 1. The van der Waals surface area contributed by atoms with Crippen molar-refractivity contribution >= 4 is 22.8 Å². The topological polar surface area (TPSA) is 30.7 Å². The van der Waals surface area contributed by atoms with Gasteiger partial charge in [-0.15, -0.1) is 11.6 Å². The molecule has 2 rings (SSSR count). The molecule has 0 spiro atoms. The minimum absolute atomic E-state index is 0.461. The highest BCUT2D eigenvalue weighted by Gasteiger charge is 2.18. The standard InChI is InChI=1S/C14H20ClN3/c1-4-11(5-2)18-12(6-8-15)17-13-10(3)7-9-16-14(13)18/h7,9,11H,4-6,8H2,1-3H3. The van der Waals surface area contributed by atoms with Crippen LogP contribution in [-0.2, 0) is 6.42 Å². The molecule has 0 radical (unpaired) electrons. The van der Waals surface area contributed by atoms with Gasteiger partial charge in [-0.05, 0) is 31.4 Å². The minimum Gasteiger partial charge on any atom is -0.310 e. The lowest BCUT2D eigenvalue weighted by atomic mass is 10.1. The first-order valence-electron chi connectivity index (χ1n) is 6.61. The summed E-state index contributed by atoms with van der Waals surface area (Å²) in [4.78, 5) is 9.25. The normalized spacial score (nSPS) is 11.6. The average molecular weight is 266 g/mol. The number of imidazole rings is 1. The number of hydrogen-bond donors (Lipinski definition) is 0. The Kier molecular flexibility index (Phi) is 4.23. The Morgan fingerprint density at radius 1 is 1.33 bits per heavy atom. The van der Waals surface area contributed by atoms with E-state index in [0.717, 1.165) is 36.3 Å². The second kappa shape index (κ2) is 5.70. The summed E-state index contributed by atoms with van der Waals surface area (Å²) < 4.78 is 2.28. The molecule has 0 fully saturated rings. The summed E-state index contributed by atoms with van der Waals surface area (Å²) >= 11 is 5.89. The van der Waals surface area contributed by atoms with Gasteiger partial charge in [-0.1, -0.05) is 13.8 Å². The van der Waals surface area contributed by atoms with Gasteiger partial charge in [0, 0.05) is 24.5 Å². The maximum absolute atomic E-state index is 5.89. The van der Waals surface area contributed by atoms with Crippen molar-refractivity contribution in [3.8, 4) is 0 Å². The number of aryl methyl sites for hydroxylation is 2. The maximum Gasteiger partial charge on any atom is 0.160 e. The van der Waals surface area contributed by atoms with E-state index in [0.29, 0.717) is 11.9 Å². The summed E-state index contributed by atoms with van der Waals surface area (Å²) in [6.07, 6.45) is 4.84. The molecule has 3 nitrogen and oxygen atoms in total. The highest BCUT2D eigenvalue weighted by molar-refractivity contribution is 6.17. The highest BCUT2D eigenvalue weighted by atomic mass is 35.5. The SMILES string of the molecule is CCC(CC)n1c(CCCl)nc2c(C)ccnc21.